The zero-order chi connectivity index (χ0) is 22.4. The van der Waals surface area contributed by atoms with Gasteiger partial charge in [-0.2, -0.15) is 0 Å². The molecular formula is C21H24ClFN4O4. The zero-order valence-electron chi connectivity index (χ0n) is 17.4. The van der Waals surface area contributed by atoms with Gasteiger partial charge in [-0.1, -0.05) is 11.6 Å². The first-order valence-corrected chi connectivity index (χ1v) is 10.4. The fraction of sp³-hybridized carbons (Fsp3) is 0.429. The number of hydrogen-bond donors (Lipinski definition) is 0. The van der Waals surface area contributed by atoms with E-state index < -0.39 is 5.82 Å². The number of amides is 1. The highest BCUT2D eigenvalue weighted by atomic mass is 35.5. The summed E-state index contributed by atoms with van der Waals surface area (Å²) in [5.74, 6) is 0.324. The minimum absolute atomic E-state index is 0.0608. The van der Waals surface area contributed by atoms with E-state index in [1.54, 1.807) is 17.9 Å². The van der Waals surface area contributed by atoms with Crippen molar-refractivity contribution < 1.29 is 23.5 Å². The summed E-state index contributed by atoms with van der Waals surface area (Å²) < 4.78 is 23.8. The lowest BCUT2D eigenvalue weighted by Gasteiger charge is -2.40. The Hall–Kier alpha value is -2.94. The number of hydrogen-bond acceptors (Lipinski definition) is 7. The molecule has 0 radical (unpaired) electrons. The van der Waals surface area contributed by atoms with Crippen molar-refractivity contribution in [3.05, 3.63) is 41.4 Å². The largest absolute Gasteiger partial charge is 0.466 e. The number of ether oxygens (including phenoxy) is 2. The molecule has 1 aliphatic rings. The van der Waals surface area contributed by atoms with Gasteiger partial charge in [0.25, 0.3) is 0 Å². The lowest BCUT2D eigenvalue weighted by molar-refractivity contribution is -0.146. The second kappa shape index (κ2) is 10.4. The predicted octanol–water partition coefficient (Wildman–Crippen LogP) is 3.44. The van der Waals surface area contributed by atoms with Crippen LogP contribution in [0.25, 0.3) is 0 Å². The standard InChI is InChI=1S/C21H24ClFN4O4/c1-3-30-21(29)7-6-20(28)27-9-8-26(12-14(27)2)18-11-19(25-13-24-18)31-17-5-4-15(23)10-16(17)22/h4-5,10-11,13-14H,3,6-9,12H2,1-2H3. The molecule has 0 spiro atoms. The lowest BCUT2D eigenvalue weighted by Crippen LogP contribution is -2.54. The van der Waals surface area contributed by atoms with Gasteiger partial charge in [0.05, 0.1) is 18.1 Å². The number of halogens is 2. The Morgan fingerprint density at radius 2 is 2.03 bits per heavy atom. The van der Waals surface area contributed by atoms with Crippen LogP contribution in [0.3, 0.4) is 0 Å². The fourth-order valence-electron chi connectivity index (χ4n) is 3.35. The number of nitrogens with zero attached hydrogens (tertiary/aromatic N) is 4. The Labute approximate surface area is 184 Å². The molecule has 1 aromatic heterocycles. The molecule has 3 rings (SSSR count). The van der Waals surface area contributed by atoms with E-state index in [9.17, 15) is 14.0 Å². The molecule has 1 aliphatic heterocycles. The van der Waals surface area contributed by atoms with Gasteiger partial charge in [0.15, 0.2) is 0 Å². The van der Waals surface area contributed by atoms with Gasteiger partial charge in [0.1, 0.15) is 23.7 Å². The molecule has 2 aromatic rings. The molecule has 0 bridgehead atoms. The van der Waals surface area contributed by atoms with E-state index in [1.807, 2.05) is 11.8 Å². The quantitative estimate of drug-likeness (QED) is 0.597. The first-order valence-electron chi connectivity index (χ1n) is 10.0. The molecular weight excluding hydrogens is 427 g/mol. The van der Waals surface area contributed by atoms with Gasteiger partial charge >= 0.3 is 5.97 Å². The van der Waals surface area contributed by atoms with Crippen molar-refractivity contribution in [2.75, 3.05) is 31.1 Å². The number of aromatic nitrogens is 2. The number of esters is 1. The van der Waals surface area contributed by atoms with Crippen molar-refractivity contribution in [2.24, 2.45) is 0 Å². The van der Waals surface area contributed by atoms with E-state index in [1.165, 1.54) is 24.5 Å². The second-order valence-electron chi connectivity index (χ2n) is 7.08. The molecule has 1 fully saturated rings. The maximum Gasteiger partial charge on any atom is 0.306 e. The second-order valence-corrected chi connectivity index (χ2v) is 7.49. The Balaban J connectivity index is 1.60. The molecule has 166 valence electrons. The fourth-order valence-corrected chi connectivity index (χ4v) is 3.56. The monoisotopic (exact) mass is 450 g/mol. The summed E-state index contributed by atoms with van der Waals surface area (Å²) in [5.41, 5.74) is 0. The van der Waals surface area contributed by atoms with Crippen LogP contribution >= 0.6 is 11.6 Å². The van der Waals surface area contributed by atoms with Crippen molar-refractivity contribution in [3.8, 4) is 11.6 Å². The maximum absolute atomic E-state index is 13.2. The Morgan fingerprint density at radius 1 is 1.23 bits per heavy atom. The summed E-state index contributed by atoms with van der Waals surface area (Å²) in [4.78, 5) is 36.2. The normalized spacial score (nSPS) is 16.2. The van der Waals surface area contributed by atoms with Crippen LogP contribution in [-0.4, -0.2) is 59.0 Å². The first kappa shape index (κ1) is 22.7. The highest BCUT2D eigenvalue weighted by Crippen LogP contribution is 2.30. The number of carbonyl (C=O) groups is 2. The number of rotatable bonds is 7. The minimum atomic E-state index is -0.454. The summed E-state index contributed by atoms with van der Waals surface area (Å²) >= 11 is 6.01. The molecule has 1 unspecified atom stereocenters. The summed E-state index contributed by atoms with van der Waals surface area (Å²) in [7, 11) is 0. The van der Waals surface area contributed by atoms with E-state index in [0.717, 1.165) is 0 Å². The zero-order valence-corrected chi connectivity index (χ0v) is 18.1. The predicted molar refractivity (Wildman–Crippen MR) is 113 cm³/mol. The van der Waals surface area contributed by atoms with Gasteiger partial charge in [-0.05, 0) is 32.0 Å². The smallest absolute Gasteiger partial charge is 0.306 e. The summed E-state index contributed by atoms with van der Waals surface area (Å²) in [6, 6.07) is 5.46. The molecule has 31 heavy (non-hydrogen) atoms. The first-order chi connectivity index (χ1) is 14.9. The molecule has 1 amide bonds. The van der Waals surface area contributed by atoms with Crippen molar-refractivity contribution in [2.45, 2.75) is 32.7 Å². The third-order valence-electron chi connectivity index (χ3n) is 4.86. The van der Waals surface area contributed by atoms with E-state index >= 15 is 0 Å². The van der Waals surface area contributed by atoms with Crippen LogP contribution in [0.5, 0.6) is 11.6 Å². The van der Waals surface area contributed by atoms with Crippen LogP contribution in [0.1, 0.15) is 26.7 Å². The highest BCUT2D eigenvalue weighted by Gasteiger charge is 2.28. The third-order valence-corrected chi connectivity index (χ3v) is 5.15. The lowest BCUT2D eigenvalue weighted by atomic mass is 10.1. The Bertz CT molecular complexity index is 945. The van der Waals surface area contributed by atoms with Crippen LogP contribution in [0.2, 0.25) is 5.02 Å². The molecule has 1 saturated heterocycles. The average Bonchev–Trinajstić information content (AvgIpc) is 2.74. The van der Waals surface area contributed by atoms with Gasteiger partial charge in [0, 0.05) is 38.2 Å². The Morgan fingerprint density at radius 3 is 2.74 bits per heavy atom. The maximum atomic E-state index is 13.2. The summed E-state index contributed by atoms with van der Waals surface area (Å²) in [6.45, 7) is 5.64. The van der Waals surface area contributed by atoms with Crippen LogP contribution < -0.4 is 9.64 Å². The van der Waals surface area contributed by atoms with Crippen molar-refractivity contribution in [1.82, 2.24) is 14.9 Å². The molecule has 8 nitrogen and oxygen atoms in total. The number of anilines is 1. The van der Waals surface area contributed by atoms with Gasteiger partial charge in [-0.3, -0.25) is 9.59 Å². The van der Waals surface area contributed by atoms with Gasteiger partial charge in [-0.15, -0.1) is 0 Å². The van der Waals surface area contributed by atoms with E-state index in [-0.39, 0.29) is 47.4 Å². The van der Waals surface area contributed by atoms with Crippen molar-refractivity contribution in [1.29, 1.82) is 0 Å². The number of piperazine rings is 1. The third kappa shape index (κ3) is 6.04. The van der Waals surface area contributed by atoms with E-state index in [2.05, 4.69) is 9.97 Å². The average molecular weight is 451 g/mol. The number of carbonyl (C=O) groups excluding carboxylic acids is 2. The van der Waals surface area contributed by atoms with Crippen molar-refractivity contribution >= 4 is 29.3 Å². The summed E-state index contributed by atoms with van der Waals surface area (Å²) in [5, 5.41) is 0.142. The molecule has 1 aromatic carbocycles. The van der Waals surface area contributed by atoms with Crippen LogP contribution in [0, 0.1) is 5.82 Å². The molecule has 0 saturated carbocycles. The van der Waals surface area contributed by atoms with Crippen LogP contribution in [0.15, 0.2) is 30.6 Å². The minimum Gasteiger partial charge on any atom is -0.466 e. The van der Waals surface area contributed by atoms with E-state index in [0.29, 0.717) is 32.1 Å². The molecule has 1 atom stereocenters. The molecule has 2 heterocycles. The van der Waals surface area contributed by atoms with E-state index in [4.69, 9.17) is 21.1 Å². The van der Waals surface area contributed by atoms with Gasteiger partial charge < -0.3 is 19.3 Å². The topological polar surface area (TPSA) is 84.9 Å². The van der Waals surface area contributed by atoms with Crippen LogP contribution in [0.4, 0.5) is 10.2 Å². The molecule has 10 heteroatoms. The highest BCUT2D eigenvalue weighted by molar-refractivity contribution is 6.32. The van der Waals surface area contributed by atoms with Gasteiger partial charge in [0.2, 0.25) is 11.8 Å². The Kier molecular flexibility index (Phi) is 7.62. The summed E-state index contributed by atoms with van der Waals surface area (Å²) in [6.07, 6.45) is 1.59. The SMILES string of the molecule is CCOC(=O)CCC(=O)N1CCN(c2cc(Oc3ccc(F)cc3Cl)ncn2)CC1C. The van der Waals surface area contributed by atoms with Crippen molar-refractivity contribution in [3.63, 3.8) is 0 Å². The van der Waals surface area contributed by atoms with Gasteiger partial charge in [-0.25, -0.2) is 14.4 Å². The molecule has 0 N–H and O–H groups in total. The molecule has 0 aliphatic carbocycles. The number of benzene rings is 1. The van der Waals surface area contributed by atoms with Crippen LogP contribution in [-0.2, 0) is 14.3 Å².